The minimum Gasteiger partial charge on any atom is -0.477 e. The van der Waals surface area contributed by atoms with Gasteiger partial charge >= 0.3 is 12.1 Å². The van der Waals surface area contributed by atoms with E-state index in [1.165, 1.54) is 6.92 Å². The Bertz CT molecular complexity index is 488. The van der Waals surface area contributed by atoms with Gasteiger partial charge in [-0.2, -0.15) is 13.2 Å². The number of hydrogen-bond acceptors (Lipinski definition) is 5. The number of carbonyl (C=O) groups excluding carboxylic acids is 1. The highest BCUT2D eigenvalue weighted by Gasteiger charge is 2.27. The van der Waals surface area contributed by atoms with Gasteiger partial charge in [0.15, 0.2) is 4.34 Å². The number of carboxylic acids is 1. The number of aromatic nitrogens is 1. The molecule has 0 bridgehead atoms. The first kappa shape index (κ1) is 15.8. The molecule has 0 spiro atoms. The van der Waals surface area contributed by atoms with Crippen LogP contribution in [-0.2, 0) is 4.79 Å². The second kappa shape index (κ2) is 6.24. The van der Waals surface area contributed by atoms with E-state index in [-0.39, 0.29) is 10.6 Å². The molecule has 0 radical (unpaired) electrons. The highest BCUT2D eigenvalue weighted by atomic mass is 32.2. The maximum atomic E-state index is 11.8. The quantitative estimate of drug-likeness (QED) is 0.812. The molecule has 19 heavy (non-hydrogen) atoms. The van der Waals surface area contributed by atoms with Crippen molar-refractivity contribution in [1.29, 1.82) is 0 Å². The highest BCUT2D eigenvalue weighted by molar-refractivity contribution is 8.01. The van der Waals surface area contributed by atoms with Crippen LogP contribution in [0.3, 0.4) is 0 Å². The van der Waals surface area contributed by atoms with Crippen molar-refractivity contribution in [2.45, 2.75) is 17.4 Å². The van der Waals surface area contributed by atoms with Crippen LogP contribution in [0.1, 0.15) is 15.4 Å². The molecule has 1 aromatic heterocycles. The predicted octanol–water partition coefficient (Wildman–Crippen LogP) is 1.92. The molecule has 0 aromatic carbocycles. The van der Waals surface area contributed by atoms with Gasteiger partial charge in [0.2, 0.25) is 5.91 Å². The summed E-state index contributed by atoms with van der Waals surface area (Å²) in [7, 11) is 0. The number of hydrogen-bond donors (Lipinski definition) is 2. The summed E-state index contributed by atoms with van der Waals surface area (Å²) in [5, 5.41) is 10.5. The van der Waals surface area contributed by atoms with Gasteiger partial charge in [0.05, 0.1) is 11.4 Å². The van der Waals surface area contributed by atoms with Crippen LogP contribution in [0.15, 0.2) is 4.34 Å². The molecule has 0 fully saturated rings. The minimum absolute atomic E-state index is 0.0539. The molecule has 10 heteroatoms. The lowest BCUT2D eigenvalue weighted by Crippen LogP contribution is -2.34. The molecule has 1 amide bonds. The predicted molar refractivity (Wildman–Crippen MR) is 63.6 cm³/mol. The fourth-order valence-electron chi connectivity index (χ4n) is 1.01. The number of thioether (sulfide) groups is 1. The number of amides is 1. The first-order valence-electron chi connectivity index (χ1n) is 4.86. The van der Waals surface area contributed by atoms with Crippen LogP contribution >= 0.6 is 23.1 Å². The summed E-state index contributed by atoms with van der Waals surface area (Å²) in [4.78, 5) is 25.8. The number of rotatable bonds is 5. The van der Waals surface area contributed by atoms with Crippen molar-refractivity contribution in [1.82, 2.24) is 10.3 Å². The van der Waals surface area contributed by atoms with Crippen molar-refractivity contribution in [3.63, 3.8) is 0 Å². The molecule has 0 atom stereocenters. The summed E-state index contributed by atoms with van der Waals surface area (Å²) in [5.74, 6) is -2.15. The topological polar surface area (TPSA) is 79.3 Å². The standard InChI is InChI=1S/C9H9F3N2O3S2/c1-4-6(7(16)17)19-8(14-4)18-2-5(15)13-3-9(10,11)12/h2-3H2,1H3,(H,13,15)(H,16,17). The molecular formula is C9H9F3N2O3S2. The van der Waals surface area contributed by atoms with E-state index in [9.17, 15) is 22.8 Å². The Balaban J connectivity index is 2.47. The maximum Gasteiger partial charge on any atom is 0.405 e. The molecular weight excluding hydrogens is 305 g/mol. The van der Waals surface area contributed by atoms with E-state index < -0.39 is 24.6 Å². The summed E-state index contributed by atoms with van der Waals surface area (Å²) < 4.78 is 35.8. The molecule has 0 saturated heterocycles. The van der Waals surface area contributed by atoms with Crippen LogP contribution in [0.2, 0.25) is 0 Å². The second-order valence-electron chi connectivity index (χ2n) is 3.38. The molecule has 1 heterocycles. The molecule has 1 rings (SSSR count). The molecule has 0 aliphatic carbocycles. The van der Waals surface area contributed by atoms with Crippen molar-refractivity contribution >= 4 is 35.0 Å². The minimum atomic E-state index is -4.45. The number of carbonyl (C=O) groups is 2. The highest BCUT2D eigenvalue weighted by Crippen LogP contribution is 2.27. The summed E-state index contributed by atoms with van der Waals surface area (Å²) in [6.07, 6.45) is -4.45. The van der Waals surface area contributed by atoms with Gasteiger partial charge in [0.25, 0.3) is 0 Å². The average Bonchev–Trinajstić information content (AvgIpc) is 2.64. The third kappa shape index (κ3) is 5.47. The van der Waals surface area contributed by atoms with Crippen LogP contribution in [0.4, 0.5) is 13.2 Å². The van der Waals surface area contributed by atoms with E-state index in [2.05, 4.69) is 4.98 Å². The Morgan fingerprint density at radius 3 is 2.58 bits per heavy atom. The van der Waals surface area contributed by atoms with E-state index >= 15 is 0 Å². The zero-order valence-corrected chi connectivity index (χ0v) is 11.2. The first-order chi connectivity index (χ1) is 8.69. The largest absolute Gasteiger partial charge is 0.477 e. The lowest BCUT2D eigenvalue weighted by atomic mass is 10.4. The van der Waals surface area contributed by atoms with Crippen LogP contribution in [-0.4, -0.2) is 40.4 Å². The van der Waals surface area contributed by atoms with Gasteiger partial charge in [-0.15, -0.1) is 11.3 Å². The van der Waals surface area contributed by atoms with Gasteiger partial charge in [-0.1, -0.05) is 11.8 Å². The Morgan fingerprint density at radius 1 is 1.47 bits per heavy atom. The number of aryl methyl sites for hydroxylation is 1. The van der Waals surface area contributed by atoms with E-state index in [0.29, 0.717) is 10.0 Å². The molecule has 0 unspecified atom stereocenters. The Hall–Kier alpha value is -1.29. The zero-order chi connectivity index (χ0) is 14.6. The monoisotopic (exact) mass is 314 g/mol. The summed E-state index contributed by atoms with van der Waals surface area (Å²) in [5.41, 5.74) is 0.315. The number of nitrogens with zero attached hydrogens (tertiary/aromatic N) is 1. The smallest absolute Gasteiger partial charge is 0.405 e. The van der Waals surface area contributed by atoms with Crippen molar-refractivity contribution in [3.05, 3.63) is 10.6 Å². The number of nitrogens with one attached hydrogen (secondary N) is 1. The SMILES string of the molecule is Cc1nc(SCC(=O)NCC(F)(F)F)sc1C(=O)O. The van der Waals surface area contributed by atoms with Gasteiger partial charge < -0.3 is 10.4 Å². The van der Waals surface area contributed by atoms with Gasteiger partial charge in [0.1, 0.15) is 11.4 Å². The summed E-state index contributed by atoms with van der Waals surface area (Å²) in [6.45, 7) is 0.122. The van der Waals surface area contributed by atoms with Gasteiger partial charge in [0, 0.05) is 0 Å². The van der Waals surface area contributed by atoms with Crippen LogP contribution in [0.25, 0.3) is 0 Å². The Kier molecular flexibility index (Phi) is 5.18. The Labute approximate surface area is 114 Å². The van der Waals surface area contributed by atoms with Crippen LogP contribution in [0, 0.1) is 6.92 Å². The third-order valence-electron chi connectivity index (χ3n) is 1.78. The van der Waals surface area contributed by atoms with Gasteiger partial charge in [-0.25, -0.2) is 9.78 Å². The van der Waals surface area contributed by atoms with E-state index in [1.807, 2.05) is 0 Å². The Morgan fingerprint density at radius 2 is 2.11 bits per heavy atom. The first-order valence-corrected chi connectivity index (χ1v) is 6.66. The summed E-state index contributed by atoms with van der Waals surface area (Å²) in [6, 6.07) is 0. The lowest BCUT2D eigenvalue weighted by molar-refractivity contribution is -0.136. The maximum absolute atomic E-state index is 11.8. The number of halogens is 3. The lowest BCUT2D eigenvalue weighted by Gasteiger charge is -2.07. The van der Waals surface area contributed by atoms with Gasteiger partial charge in [-0.05, 0) is 6.92 Å². The molecule has 0 aliphatic rings. The van der Waals surface area contributed by atoms with Crippen molar-refractivity contribution in [2.75, 3.05) is 12.3 Å². The average molecular weight is 314 g/mol. The number of carboxylic acid groups (broad SMARTS) is 1. The van der Waals surface area contributed by atoms with E-state index in [0.717, 1.165) is 23.1 Å². The fourth-order valence-corrected chi connectivity index (χ4v) is 2.87. The normalized spacial score (nSPS) is 11.4. The van der Waals surface area contributed by atoms with E-state index in [4.69, 9.17) is 5.11 Å². The zero-order valence-electron chi connectivity index (χ0n) is 9.58. The number of aromatic carboxylic acids is 1. The third-order valence-corrected chi connectivity index (χ3v) is 4.07. The molecule has 5 nitrogen and oxygen atoms in total. The van der Waals surface area contributed by atoms with Crippen LogP contribution < -0.4 is 5.32 Å². The van der Waals surface area contributed by atoms with E-state index in [1.54, 1.807) is 5.32 Å². The van der Waals surface area contributed by atoms with Crippen molar-refractivity contribution in [2.24, 2.45) is 0 Å². The molecule has 2 N–H and O–H groups in total. The molecule has 106 valence electrons. The summed E-state index contributed by atoms with van der Waals surface area (Å²) >= 11 is 1.78. The second-order valence-corrected chi connectivity index (χ2v) is 5.60. The molecule has 0 aliphatic heterocycles. The van der Waals surface area contributed by atoms with Gasteiger partial charge in [-0.3, -0.25) is 4.79 Å². The number of alkyl halides is 3. The number of thiazole rings is 1. The fraction of sp³-hybridized carbons (Fsp3) is 0.444. The van der Waals surface area contributed by atoms with Crippen LogP contribution in [0.5, 0.6) is 0 Å². The van der Waals surface area contributed by atoms with Crippen molar-refractivity contribution in [3.8, 4) is 0 Å². The molecule has 1 aromatic rings. The molecule has 0 saturated carbocycles. The van der Waals surface area contributed by atoms with Crippen molar-refractivity contribution < 1.29 is 27.9 Å².